The molecule has 18 heavy (non-hydrogen) atoms. The van der Waals surface area contributed by atoms with E-state index in [4.69, 9.17) is 4.74 Å². The summed E-state index contributed by atoms with van der Waals surface area (Å²) in [6.07, 6.45) is 1.59. The number of hydrogen-bond acceptors (Lipinski definition) is 6. The summed E-state index contributed by atoms with van der Waals surface area (Å²) in [5.74, 6) is 0.803. The summed E-state index contributed by atoms with van der Waals surface area (Å²) >= 11 is 1.43. The third-order valence-electron chi connectivity index (χ3n) is 2.70. The highest BCUT2D eigenvalue weighted by Crippen LogP contribution is 2.25. The maximum Gasteiger partial charge on any atom is 0.301 e. The van der Waals surface area contributed by atoms with Gasteiger partial charge in [0.25, 0.3) is 0 Å². The van der Waals surface area contributed by atoms with Crippen LogP contribution < -0.4 is 0 Å². The average Bonchev–Trinajstić information content (AvgIpc) is 2.40. The van der Waals surface area contributed by atoms with E-state index in [0.29, 0.717) is 5.03 Å². The van der Waals surface area contributed by atoms with Crippen LogP contribution in [0.3, 0.4) is 0 Å². The predicted octanol–water partition coefficient (Wildman–Crippen LogP) is 1.41. The fourth-order valence-corrected chi connectivity index (χ4v) is 2.70. The molecule has 0 N–H and O–H groups in total. The molecule has 0 aromatic carbocycles. The molecule has 7 heteroatoms. The Morgan fingerprint density at radius 3 is 3.00 bits per heavy atom. The summed E-state index contributed by atoms with van der Waals surface area (Å²) in [6.45, 7) is 4.32. The Bertz CT molecular complexity index is 410. The summed E-state index contributed by atoms with van der Waals surface area (Å²) < 4.78 is 5.26. The molecule has 0 radical (unpaired) electrons. The van der Waals surface area contributed by atoms with Gasteiger partial charge in [-0.3, -0.25) is 15.0 Å². The fraction of sp³-hybridized carbons (Fsp3) is 0.545. The van der Waals surface area contributed by atoms with E-state index in [0.717, 1.165) is 38.6 Å². The Morgan fingerprint density at radius 1 is 1.50 bits per heavy atom. The van der Waals surface area contributed by atoms with Gasteiger partial charge in [0.1, 0.15) is 0 Å². The van der Waals surface area contributed by atoms with Gasteiger partial charge in [-0.15, -0.1) is 0 Å². The van der Waals surface area contributed by atoms with Crippen molar-refractivity contribution in [3.63, 3.8) is 0 Å². The van der Waals surface area contributed by atoms with E-state index in [9.17, 15) is 10.1 Å². The highest BCUT2D eigenvalue weighted by molar-refractivity contribution is 7.99. The molecule has 0 atom stereocenters. The van der Waals surface area contributed by atoms with Crippen molar-refractivity contribution in [2.45, 2.75) is 5.03 Å². The van der Waals surface area contributed by atoms with E-state index in [1.54, 1.807) is 12.3 Å². The average molecular weight is 269 g/mol. The number of ether oxygens (including phenoxy) is 1. The number of pyridine rings is 1. The minimum absolute atomic E-state index is 0.0875. The summed E-state index contributed by atoms with van der Waals surface area (Å²) in [7, 11) is 0. The van der Waals surface area contributed by atoms with Crippen LogP contribution in [0.4, 0.5) is 5.69 Å². The molecule has 1 aliphatic rings. The molecule has 1 saturated heterocycles. The van der Waals surface area contributed by atoms with Crippen LogP contribution in [0.25, 0.3) is 0 Å². The Balaban J connectivity index is 1.84. The van der Waals surface area contributed by atoms with Crippen molar-refractivity contribution in [1.82, 2.24) is 9.88 Å². The first-order valence-corrected chi connectivity index (χ1v) is 6.78. The zero-order valence-corrected chi connectivity index (χ0v) is 10.8. The highest BCUT2D eigenvalue weighted by Gasteiger charge is 2.15. The first-order valence-electron chi connectivity index (χ1n) is 5.79. The van der Waals surface area contributed by atoms with E-state index < -0.39 is 0 Å². The van der Waals surface area contributed by atoms with Crippen molar-refractivity contribution in [3.05, 3.63) is 28.4 Å². The molecule has 0 saturated carbocycles. The van der Waals surface area contributed by atoms with Crippen LogP contribution in [0.5, 0.6) is 0 Å². The second kappa shape index (κ2) is 6.67. The second-order valence-corrected chi connectivity index (χ2v) is 4.97. The molecule has 0 aliphatic carbocycles. The zero-order valence-electron chi connectivity index (χ0n) is 9.95. The Kier molecular flexibility index (Phi) is 4.91. The number of hydrogen-bond donors (Lipinski definition) is 0. The normalized spacial score (nSPS) is 16.7. The maximum absolute atomic E-state index is 10.8. The highest BCUT2D eigenvalue weighted by atomic mass is 32.2. The molecular formula is C11H15N3O3S. The van der Waals surface area contributed by atoms with Gasteiger partial charge in [0.15, 0.2) is 5.03 Å². The number of rotatable bonds is 5. The molecule has 1 aromatic rings. The number of morpholine rings is 1. The standard InChI is InChI=1S/C11H15N3O3S/c15-14(16)10-2-1-3-12-11(10)18-9-6-13-4-7-17-8-5-13/h1-3H,4-9H2. The quantitative estimate of drug-likeness (QED) is 0.457. The third-order valence-corrected chi connectivity index (χ3v) is 3.67. The minimum atomic E-state index is -0.385. The van der Waals surface area contributed by atoms with Crippen LogP contribution >= 0.6 is 11.8 Å². The summed E-state index contributed by atoms with van der Waals surface area (Å²) in [4.78, 5) is 16.8. The lowest BCUT2D eigenvalue weighted by molar-refractivity contribution is -0.388. The van der Waals surface area contributed by atoms with E-state index >= 15 is 0 Å². The van der Waals surface area contributed by atoms with Gasteiger partial charge >= 0.3 is 5.69 Å². The number of thioether (sulfide) groups is 1. The second-order valence-electron chi connectivity index (χ2n) is 3.89. The van der Waals surface area contributed by atoms with Gasteiger partial charge in [-0.25, -0.2) is 4.98 Å². The molecule has 2 heterocycles. The van der Waals surface area contributed by atoms with Crippen LogP contribution in [0.15, 0.2) is 23.4 Å². The molecule has 2 rings (SSSR count). The zero-order chi connectivity index (χ0) is 12.8. The van der Waals surface area contributed by atoms with Crippen LogP contribution in [0.1, 0.15) is 0 Å². The molecule has 6 nitrogen and oxygen atoms in total. The molecule has 0 spiro atoms. The lowest BCUT2D eigenvalue weighted by Gasteiger charge is -2.26. The molecule has 1 aliphatic heterocycles. The topological polar surface area (TPSA) is 68.5 Å². The monoisotopic (exact) mass is 269 g/mol. The fourth-order valence-electron chi connectivity index (χ4n) is 1.73. The summed E-state index contributed by atoms with van der Waals surface area (Å²) in [5, 5.41) is 11.3. The predicted molar refractivity (Wildman–Crippen MR) is 68.9 cm³/mol. The van der Waals surface area contributed by atoms with E-state index in [1.807, 2.05) is 0 Å². The van der Waals surface area contributed by atoms with E-state index in [1.165, 1.54) is 17.8 Å². The molecule has 1 fully saturated rings. The Labute approximate surface area is 109 Å². The van der Waals surface area contributed by atoms with E-state index in [2.05, 4.69) is 9.88 Å². The maximum atomic E-state index is 10.8. The van der Waals surface area contributed by atoms with Crippen LogP contribution in [-0.2, 0) is 4.74 Å². The van der Waals surface area contributed by atoms with Gasteiger partial charge < -0.3 is 4.74 Å². The Hall–Kier alpha value is -1.18. The summed E-state index contributed by atoms with van der Waals surface area (Å²) in [5.41, 5.74) is 0.0875. The van der Waals surface area contributed by atoms with Crippen molar-refractivity contribution in [2.24, 2.45) is 0 Å². The first-order chi connectivity index (χ1) is 8.77. The summed E-state index contributed by atoms with van der Waals surface area (Å²) in [6, 6.07) is 3.08. The van der Waals surface area contributed by atoms with Crippen molar-refractivity contribution in [2.75, 3.05) is 38.6 Å². The van der Waals surface area contributed by atoms with Crippen LogP contribution in [0, 0.1) is 10.1 Å². The van der Waals surface area contributed by atoms with Gasteiger partial charge in [0, 0.05) is 37.7 Å². The number of aromatic nitrogens is 1. The smallest absolute Gasteiger partial charge is 0.301 e. The SMILES string of the molecule is O=[N+]([O-])c1cccnc1SCCN1CCOCC1. The van der Waals surface area contributed by atoms with Gasteiger partial charge in [-0.2, -0.15) is 0 Å². The van der Waals surface area contributed by atoms with Crippen LogP contribution in [0.2, 0.25) is 0 Å². The van der Waals surface area contributed by atoms with Gasteiger partial charge in [0.2, 0.25) is 0 Å². The van der Waals surface area contributed by atoms with Gasteiger partial charge in [0.05, 0.1) is 18.1 Å². The largest absolute Gasteiger partial charge is 0.379 e. The Morgan fingerprint density at radius 2 is 2.28 bits per heavy atom. The van der Waals surface area contributed by atoms with Crippen molar-refractivity contribution >= 4 is 17.4 Å². The number of nitrogens with zero attached hydrogens (tertiary/aromatic N) is 3. The molecule has 0 bridgehead atoms. The molecule has 1 aromatic heterocycles. The van der Waals surface area contributed by atoms with Crippen molar-refractivity contribution in [3.8, 4) is 0 Å². The third kappa shape index (κ3) is 3.66. The first kappa shape index (κ1) is 13.3. The molecule has 0 unspecified atom stereocenters. The molecular weight excluding hydrogens is 254 g/mol. The van der Waals surface area contributed by atoms with Crippen molar-refractivity contribution in [1.29, 1.82) is 0 Å². The lowest BCUT2D eigenvalue weighted by Crippen LogP contribution is -2.37. The van der Waals surface area contributed by atoms with E-state index in [-0.39, 0.29) is 10.6 Å². The van der Waals surface area contributed by atoms with Gasteiger partial charge in [-0.1, -0.05) is 11.8 Å². The minimum Gasteiger partial charge on any atom is -0.379 e. The van der Waals surface area contributed by atoms with Crippen molar-refractivity contribution < 1.29 is 9.66 Å². The van der Waals surface area contributed by atoms with Gasteiger partial charge in [-0.05, 0) is 6.07 Å². The molecule has 98 valence electrons. The number of nitro groups is 1. The lowest BCUT2D eigenvalue weighted by atomic mass is 10.4. The molecule has 0 amide bonds. The van der Waals surface area contributed by atoms with Crippen LogP contribution in [-0.4, -0.2) is 53.4 Å².